The van der Waals surface area contributed by atoms with Gasteiger partial charge in [0.1, 0.15) is 0 Å². The summed E-state index contributed by atoms with van der Waals surface area (Å²) in [7, 11) is -3.80. The summed E-state index contributed by atoms with van der Waals surface area (Å²) in [6.45, 7) is 3.87. The number of carbonyl (C=O) groups is 1. The molecule has 0 fully saturated rings. The molecule has 9 nitrogen and oxygen atoms in total. The number of rotatable bonds is 9. The Bertz CT molecular complexity index is 681. The van der Waals surface area contributed by atoms with E-state index in [1.54, 1.807) is 0 Å². The highest BCUT2D eigenvalue weighted by Gasteiger charge is 2.19. The quantitative estimate of drug-likeness (QED) is 0.320. The van der Waals surface area contributed by atoms with Crippen LogP contribution in [0.5, 0.6) is 0 Å². The molecule has 1 aromatic carbocycles. The third kappa shape index (κ3) is 6.94. The number of halogens is 1. The number of nitro benzene ring substituents is 1. The fourth-order valence-electron chi connectivity index (χ4n) is 1.83. The minimum atomic E-state index is -3.80. The van der Waals surface area contributed by atoms with Crippen LogP contribution in [0.3, 0.4) is 0 Å². The van der Waals surface area contributed by atoms with Crippen LogP contribution in [0.2, 0.25) is 0 Å². The number of nitrogens with two attached hydrogens (primary N) is 1. The van der Waals surface area contributed by atoms with Crippen molar-refractivity contribution in [1.29, 1.82) is 0 Å². The molecule has 4 N–H and O–H groups in total. The highest BCUT2D eigenvalue weighted by molar-refractivity contribution is 7.89. The first-order valence-corrected chi connectivity index (χ1v) is 8.94. The number of hydrogen-bond donors (Lipinski definition) is 3. The Morgan fingerprint density at radius 1 is 1.28 bits per heavy atom. The number of amides is 1. The Labute approximate surface area is 153 Å². The van der Waals surface area contributed by atoms with Gasteiger partial charge in [0.15, 0.2) is 0 Å². The van der Waals surface area contributed by atoms with Gasteiger partial charge in [0.05, 0.1) is 15.9 Å². The van der Waals surface area contributed by atoms with E-state index in [0.29, 0.717) is 0 Å². The first kappa shape index (κ1) is 23.2. The molecule has 0 aliphatic rings. The number of nitrogens with zero attached hydrogens (tertiary/aromatic N) is 1. The van der Waals surface area contributed by atoms with Crippen molar-refractivity contribution in [2.75, 3.05) is 13.1 Å². The minimum absolute atomic E-state index is 0. The summed E-state index contributed by atoms with van der Waals surface area (Å²) in [5, 5.41) is 13.1. The van der Waals surface area contributed by atoms with Crippen LogP contribution in [0.15, 0.2) is 29.2 Å². The van der Waals surface area contributed by atoms with Crippen LogP contribution < -0.4 is 15.8 Å². The van der Waals surface area contributed by atoms with Gasteiger partial charge in [-0.05, 0) is 18.1 Å². The molecule has 0 heterocycles. The van der Waals surface area contributed by atoms with Crippen LogP contribution in [0.25, 0.3) is 0 Å². The fraction of sp³-hybridized carbons (Fsp3) is 0.500. The number of sulfonamides is 1. The van der Waals surface area contributed by atoms with Crippen molar-refractivity contribution >= 4 is 34.0 Å². The molecular formula is C14H23ClN4O5S. The molecule has 0 radical (unpaired) electrons. The van der Waals surface area contributed by atoms with Crippen molar-refractivity contribution in [1.82, 2.24) is 10.0 Å². The first-order valence-electron chi connectivity index (χ1n) is 7.46. The second-order valence-corrected chi connectivity index (χ2v) is 7.12. The number of carbonyl (C=O) groups excluding carboxylic acids is 1. The zero-order valence-electron chi connectivity index (χ0n) is 14.0. The van der Waals surface area contributed by atoms with E-state index in [4.69, 9.17) is 5.73 Å². The summed E-state index contributed by atoms with van der Waals surface area (Å²) in [6, 6.07) is 3.89. The molecule has 2 atom stereocenters. The molecule has 0 spiro atoms. The molecule has 25 heavy (non-hydrogen) atoms. The van der Waals surface area contributed by atoms with Crippen LogP contribution in [0.1, 0.15) is 20.3 Å². The smallest absolute Gasteiger partial charge is 0.269 e. The molecule has 1 rings (SSSR count). The average molecular weight is 395 g/mol. The largest absolute Gasteiger partial charge is 0.353 e. The lowest BCUT2D eigenvalue weighted by Gasteiger charge is -2.17. The number of nitrogens with one attached hydrogen (secondary N) is 2. The molecule has 0 bridgehead atoms. The van der Waals surface area contributed by atoms with Gasteiger partial charge in [0.25, 0.3) is 5.69 Å². The molecule has 11 heteroatoms. The zero-order valence-corrected chi connectivity index (χ0v) is 15.6. The van der Waals surface area contributed by atoms with Gasteiger partial charge in [-0.15, -0.1) is 12.4 Å². The molecule has 1 amide bonds. The lowest BCUT2D eigenvalue weighted by Crippen LogP contribution is -2.46. The molecule has 0 saturated carbocycles. The second-order valence-electron chi connectivity index (χ2n) is 5.35. The third-order valence-electron chi connectivity index (χ3n) is 3.63. The number of hydrogen-bond acceptors (Lipinski definition) is 6. The van der Waals surface area contributed by atoms with E-state index in [1.807, 2.05) is 13.8 Å². The van der Waals surface area contributed by atoms with E-state index in [0.717, 1.165) is 30.7 Å². The summed E-state index contributed by atoms with van der Waals surface area (Å²) in [4.78, 5) is 21.6. The summed E-state index contributed by atoms with van der Waals surface area (Å²) in [6.07, 6.45) is 0.765. The first-order chi connectivity index (χ1) is 11.2. The van der Waals surface area contributed by atoms with Crippen molar-refractivity contribution in [2.24, 2.45) is 11.7 Å². The van der Waals surface area contributed by atoms with Crippen LogP contribution in [0.4, 0.5) is 5.69 Å². The molecule has 2 unspecified atom stereocenters. The lowest BCUT2D eigenvalue weighted by molar-refractivity contribution is -0.384. The number of benzene rings is 1. The fourth-order valence-corrected chi connectivity index (χ4v) is 2.86. The van der Waals surface area contributed by atoms with E-state index < -0.39 is 21.0 Å². The molecule has 0 aliphatic heterocycles. The van der Waals surface area contributed by atoms with Gasteiger partial charge in [-0.25, -0.2) is 13.1 Å². The topological polar surface area (TPSA) is 144 Å². The number of nitro groups is 1. The van der Waals surface area contributed by atoms with E-state index in [1.165, 1.54) is 0 Å². The van der Waals surface area contributed by atoms with E-state index in [9.17, 15) is 23.3 Å². The van der Waals surface area contributed by atoms with E-state index >= 15 is 0 Å². The normalized spacial score (nSPS) is 13.4. The SMILES string of the molecule is CCC(C)C(N)C(=O)NCCNS(=O)(=O)c1ccc([N+](=O)[O-])cc1.Cl. The van der Waals surface area contributed by atoms with Crippen LogP contribution >= 0.6 is 12.4 Å². The van der Waals surface area contributed by atoms with Crippen LogP contribution in [-0.4, -0.2) is 38.4 Å². The second kappa shape index (κ2) is 10.3. The Hall–Kier alpha value is -1.75. The zero-order chi connectivity index (χ0) is 18.3. The average Bonchev–Trinajstić information content (AvgIpc) is 2.57. The van der Waals surface area contributed by atoms with Gasteiger partial charge in [-0.3, -0.25) is 14.9 Å². The maximum absolute atomic E-state index is 12.0. The maximum Gasteiger partial charge on any atom is 0.269 e. The standard InChI is InChI=1S/C14H22N4O5S.ClH/c1-3-10(2)13(15)14(19)16-8-9-17-24(22,23)12-6-4-11(5-7-12)18(20)21;/h4-7,10,13,17H,3,8-9,15H2,1-2H3,(H,16,19);1H. The van der Waals surface area contributed by atoms with E-state index in [2.05, 4.69) is 10.0 Å². The van der Waals surface area contributed by atoms with Gasteiger partial charge in [0.2, 0.25) is 15.9 Å². The summed E-state index contributed by atoms with van der Waals surface area (Å²) in [5.74, 6) is -0.305. The summed E-state index contributed by atoms with van der Waals surface area (Å²) >= 11 is 0. The Morgan fingerprint density at radius 3 is 2.32 bits per heavy atom. The number of non-ortho nitro benzene ring substituents is 1. The van der Waals surface area contributed by atoms with Gasteiger partial charge in [-0.2, -0.15) is 0 Å². The Balaban J connectivity index is 0.00000576. The minimum Gasteiger partial charge on any atom is -0.353 e. The molecule has 142 valence electrons. The van der Waals surface area contributed by atoms with Crippen LogP contribution in [0, 0.1) is 16.0 Å². The molecular weight excluding hydrogens is 372 g/mol. The van der Waals surface area contributed by atoms with E-state index in [-0.39, 0.29) is 47.9 Å². The molecule has 0 saturated heterocycles. The van der Waals surface area contributed by atoms with Gasteiger partial charge >= 0.3 is 0 Å². The van der Waals surface area contributed by atoms with Crippen LogP contribution in [-0.2, 0) is 14.8 Å². The van der Waals surface area contributed by atoms with Gasteiger partial charge in [0, 0.05) is 25.2 Å². The predicted octanol–water partition coefficient (Wildman–Crippen LogP) is 0.785. The van der Waals surface area contributed by atoms with Gasteiger partial charge < -0.3 is 11.1 Å². The van der Waals surface area contributed by atoms with Crippen molar-refractivity contribution in [3.63, 3.8) is 0 Å². The van der Waals surface area contributed by atoms with Crippen molar-refractivity contribution in [3.8, 4) is 0 Å². The highest BCUT2D eigenvalue weighted by atomic mass is 35.5. The molecule has 0 aromatic heterocycles. The maximum atomic E-state index is 12.0. The van der Waals surface area contributed by atoms with Gasteiger partial charge in [-0.1, -0.05) is 20.3 Å². The highest BCUT2D eigenvalue weighted by Crippen LogP contribution is 2.15. The lowest BCUT2D eigenvalue weighted by atomic mass is 9.99. The molecule has 0 aliphatic carbocycles. The van der Waals surface area contributed by atoms with Crippen molar-refractivity contribution < 1.29 is 18.1 Å². The monoisotopic (exact) mass is 394 g/mol. The van der Waals surface area contributed by atoms with Crippen molar-refractivity contribution in [3.05, 3.63) is 34.4 Å². The van der Waals surface area contributed by atoms with Crippen molar-refractivity contribution in [2.45, 2.75) is 31.2 Å². The predicted molar refractivity (Wildman–Crippen MR) is 96.0 cm³/mol. The summed E-state index contributed by atoms with van der Waals surface area (Å²) < 4.78 is 26.4. The third-order valence-corrected chi connectivity index (χ3v) is 5.11. The Morgan fingerprint density at radius 2 is 1.84 bits per heavy atom. The Kier molecular flexibility index (Phi) is 9.57. The molecule has 1 aromatic rings. The summed E-state index contributed by atoms with van der Waals surface area (Å²) in [5.41, 5.74) is 5.57.